The van der Waals surface area contributed by atoms with Crippen molar-refractivity contribution >= 4 is 161 Å². The third-order valence-corrected chi connectivity index (χ3v) is 19.3. The van der Waals surface area contributed by atoms with E-state index in [9.17, 15) is 28.8 Å². The molecule has 1 aromatic carbocycles. The highest BCUT2D eigenvalue weighted by Gasteiger charge is 2.31. The fourth-order valence-electron chi connectivity index (χ4n) is 7.89. The van der Waals surface area contributed by atoms with Crippen LogP contribution in [0.4, 0.5) is 0 Å². The number of guanidine groups is 4. The molecule has 432 valence electrons. The molecule has 0 aliphatic carbocycles. The summed E-state index contributed by atoms with van der Waals surface area (Å²) < 4.78 is 7.26. The number of aryl methyl sites for hydroxylation is 1. The number of nitrogens with one attached hydrogen (secondary N) is 5. The zero-order valence-electron chi connectivity index (χ0n) is 43.6. The quantitative estimate of drug-likeness (QED) is 0.0110. The highest BCUT2D eigenvalue weighted by Crippen LogP contribution is 2.34. The highest BCUT2D eigenvalue weighted by molar-refractivity contribution is 14.1. The lowest BCUT2D eigenvalue weighted by molar-refractivity contribution is -0.134. The molecule has 0 aliphatic heterocycles. The van der Waals surface area contributed by atoms with Gasteiger partial charge in [0.25, 0.3) is 0 Å². The molecular weight excluding hydrogens is 1450 g/mol. The fraction of sp³-hybridized carbons (Fsp3) is 0.638. The molecule has 23 N–H and O–H groups in total. The molecule has 0 spiro atoms. The van der Waals surface area contributed by atoms with Gasteiger partial charge in [-0.2, -0.15) is 0 Å². The number of unbranched alkanes of at least 4 members (excludes halogenated alkanes) is 8. The number of imidazole rings is 1. The number of nitrogens with zero attached hydrogens (tertiary/aromatic N) is 6. The summed E-state index contributed by atoms with van der Waals surface area (Å²) in [4.78, 5) is 100. The molecule has 0 saturated heterocycles. The van der Waals surface area contributed by atoms with Crippen LogP contribution in [0.1, 0.15) is 128 Å². The number of primary amides is 1. The van der Waals surface area contributed by atoms with Crippen LogP contribution in [0.2, 0.25) is 0 Å². The Bertz CT molecular complexity index is 2340. The molecule has 30 heteroatoms. The second-order valence-corrected chi connectivity index (χ2v) is 22.6. The minimum absolute atomic E-state index is 0.00686. The number of halogens is 4. The standard InChI is InChI=1S/C47H80I4N20O6/c48-34-35(49)37(51)39-38(36(34)50)66-27-71(39)26-10-5-3-1-2-4-7-19-32(72)61-21-9-6-8-20-33(73)67-29(16-12-23-63-45(55)56)41(75)69-31(18-14-25-65-47(59)60)43(77)70-30(17-13-24-64-46(57)58)42(76)68-28(40(52)74)15-11-22-62-44(53)54/h27-31H,1-26H2,(H2,52,74)(H,61,72)(H,67,73)(H,68,76)(H,69,75)(H,70,77)(H4,53,54,62)(H4,55,56,63)(H4,57,58,64)(H4,59,60,65)/t28-,29-,30-,31-/m1/s1. The molecule has 0 bridgehead atoms. The van der Waals surface area contributed by atoms with Crippen LogP contribution < -0.4 is 78.2 Å². The van der Waals surface area contributed by atoms with Gasteiger partial charge in [-0.1, -0.05) is 38.5 Å². The number of aromatic nitrogens is 2. The van der Waals surface area contributed by atoms with Gasteiger partial charge >= 0.3 is 0 Å². The number of rotatable bonds is 40. The maximum Gasteiger partial charge on any atom is 0.243 e. The molecule has 0 aliphatic rings. The largest absolute Gasteiger partial charge is 0.370 e. The van der Waals surface area contributed by atoms with Crippen LogP contribution in [-0.2, 0) is 35.3 Å². The first kappa shape index (κ1) is 68.6. The van der Waals surface area contributed by atoms with Gasteiger partial charge in [-0.25, -0.2) is 4.98 Å². The van der Waals surface area contributed by atoms with Gasteiger partial charge in [-0.05, 0) is 167 Å². The lowest BCUT2D eigenvalue weighted by Crippen LogP contribution is -2.58. The van der Waals surface area contributed by atoms with Crippen molar-refractivity contribution in [3.05, 3.63) is 20.6 Å². The van der Waals surface area contributed by atoms with E-state index in [0.717, 1.165) is 57.0 Å². The molecule has 0 radical (unpaired) electrons. The minimum Gasteiger partial charge on any atom is -0.370 e. The Labute approximate surface area is 505 Å². The molecule has 1 heterocycles. The first-order valence-corrected chi connectivity index (χ1v) is 30.1. The average Bonchev–Trinajstić information content (AvgIpc) is 3.80. The Morgan fingerprint density at radius 1 is 0.455 bits per heavy atom. The van der Waals surface area contributed by atoms with Crippen molar-refractivity contribution in [1.82, 2.24) is 36.1 Å². The van der Waals surface area contributed by atoms with Crippen LogP contribution in [0.15, 0.2) is 26.3 Å². The van der Waals surface area contributed by atoms with E-state index >= 15 is 0 Å². The van der Waals surface area contributed by atoms with Gasteiger partial charge in [0.1, 0.15) is 29.7 Å². The Hall–Kier alpha value is -4.49. The lowest BCUT2D eigenvalue weighted by Gasteiger charge is -2.26. The first-order valence-electron chi connectivity index (χ1n) is 25.8. The van der Waals surface area contributed by atoms with Crippen LogP contribution >= 0.6 is 90.4 Å². The molecule has 6 amide bonds. The number of carbonyl (C=O) groups is 6. The molecular formula is C47H80I4N20O6. The van der Waals surface area contributed by atoms with Crippen molar-refractivity contribution in [3.63, 3.8) is 0 Å². The Morgan fingerprint density at radius 3 is 1.29 bits per heavy atom. The third kappa shape index (κ3) is 28.8. The molecule has 4 atom stereocenters. The predicted octanol–water partition coefficient (Wildman–Crippen LogP) is 0.891. The van der Waals surface area contributed by atoms with E-state index in [2.05, 4.69) is 141 Å². The zero-order chi connectivity index (χ0) is 57.3. The summed E-state index contributed by atoms with van der Waals surface area (Å²) in [6.07, 6.45) is 13.1. The van der Waals surface area contributed by atoms with E-state index in [1.807, 2.05) is 6.33 Å². The molecule has 2 rings (SSSR count). The van der Waals surface area contributed by atoms with Crippen LogP contribution in [0, 0.1) is 14.3 Å². The van der Waals surface area contributed by atoms with Gasteiger partial charge in [0.15, 0.2) is 23.8 Å². The summed E-state index contributed by atoms with van der Waals surface area (Å²) in [5, 5.41) is 13.8. The number of amides is 6. The number of carbonyl (C=O) groups excluding carboxylic acids is 6. The molecule has 2 aromatic rings. The summed E-state index contributed by atoms with van der Waals surface area (Å²) in [6.45, 7) is 1.99. The number of benzene rings is 1. The monoisotopic (exact) mass is 1530 g/mol. The highest BCUT2D eigenvalue weighted by atomic mass is 127. The van der Waals surface area contributed by atoms with Gasteiger partial charge < -0.3 is 82.8 Å². The number of nitrogens with two attached hydrogens (primary N) is 9. The summed E-state index contributed by atoms with van der Waals surface area (Å²) in [5.74, 6) is -4.01. The van der Waals surface area contributed by atoms with E-state index in [1.165, 1.54) is 19.8 Å². The topological polar surface area (TPSA) is 464 Å². The number of fused-ring (bicyclic) bond motifs is 1. The molecule has 0 fully saturated rings. The molecule has 0 saturated carbocycles. The molecule has 1 aromatic heterocycles. The molecule has 0 unspecified atom stereocenters. The van der Waals surface area contributed by atoms with Crippen LogP contribution in [0.5, 0.6) is 0 Å². The van der Waals surface area contributed by atoms with Crippen molar-refractivity contribution in [2.24, 2.45) is 71.6 Å². The average molecular weight is 1530 g/mol. The second kappa shape index (κ2) is 39.0. The van der Waals surface area contributed by atoms with Gasteiger partial charge in [0.05, 0.1) is 19.0 Å². The molecule has 77 heavy (non-hydrogen) atoms. The Kier molecular flexibility index (Phi) is 34.7. The summed E-state index contributed by atoms with van der Waals surface area (Å²) in [5.41, 5.74) is 51.7. The summed E-state index contributed by atoms with van der Waals surface area (Å²) >= 11 is 9.63. The SMILES string of the molecule is NC(=O)[C@@H](CCCN=C(N)N)NC(=O)[C@@H](CCCN=C(N)N)NC(=O)[C@@H](CCCN=C(N)N)NC(=O)[C@@H](CCCN=C(N)N)NC(=O)CCCCCNC(=O)CCCCCCCCCn1cnc2c(I)c(I)c(I)c(I)c21. The zero-order valence-corrected chi connectivity index (χ0v) is 52.2. The summed E-state index contributed by atoms with van der Waals surface area (Å²) in [7, 11) is 0. The van der Waals surface area contributed by atoms with E-state index in [1.54, 1.807) is 0 Å². The van der Waals surface area contributed by atoms with Crippen molar-refractivity contribution in [1.29, 1.82) is 0 Å². The van der Waals surface area contributed by atoms with Crippen LogP contribution in [0.3, 0.4) is 0 Å². The maximum absolute atomic E-state index is 14.1. The number of aliphatic imine (C=N–C) groups is 4. The third-order valence-electron chi connectivity index (χ3n) is 11.9. The Balaban J connectivity index is 1.93. The van der Waals surface area contributed by atoms with Gasteiger partial charge in [-0.3, -0.25) is 48.7 Å². The van der Waals surface area contributed by atoms with E-state index < -0.39 is 53.7 Å². The smallest absolute Gasteiger partial charge is 0.243 e. The second-order valence-electron chi connectivity index (χ2n) is 18.3. The van der Waals surface area contributed by atoms with E-state index in [4.69, 9.17) is 56.6 Å². The minimum atomic E-state index is -1.25. The van der Waals surface area contributed by atoms with Gasteiger partial charge in [-0.15, -0.1) is 0 Å². The predicted molar refractivity (Wildman–Crippen MR) is 336 cm³/mol. The van der Waals surface area contributed by atoms with Gasteiger partial charge in [0, 0.05) is 59.3 Å². The lowest BCUT2D eigenvalue weighted by atomic mass is 10.0. The number of hydrogen-bond acceptors (Lipinski definition) is 11. The Morgan fingerprint density at radius 2 is 0.831 bits per heavy atom. The fourth-order valence-corrected chi connectivity index (χ4v) is 11.5. The maximum atomic E-state index is 14.1. The van der Waals surface area contributed by atoms with E-state index in [0.29, 0.717) is 45.1 Å². The first-order chi connectivity index (χ1) is 36.6. The van der Waals surface area contributed by atoms with E-state index in [-0.39, 0.29) is 101 Å². The van der Waals surface area contributed by atoms with Crippen molar-refractivity contribution < 1.29 is 28.8 Å². The van der Waals surface area contributed by atoms with Crippen molar-refractivity contribution in [2.75, 3.05) is 32.7 Å². The van der Waals surface area contributed by atoms with Crippen molar-refractivity contribution in [2.45, 2.75) is 159 Å². The van der Waals surface area contributed by atoms with Gasteiger partial charge in [0.2, 0.25) is 35.4 Å². The van der Waals surface area contributed by atoms with Crippen LogP contribution in [-0.4, -0.2) is 126 Å². The summed E-state index contributed by atoms with van der Waals surface area (Å²) in [6, 6.07) is -4.72. The number of hydrogen-bond donors (Lipinski definition) is 14. The normalized spacial score (nSPS) is 12.5. The molecule has 26 nitrogen and oxygen atoms in total. The van der Waals surface area contributed by atoms with Crippen molar-refractivity contribution in [3.8, 4) is 0 Å². The van der Waals surface area contributed by atoms with Crippen LogP contribution in [0.25, 0.3) is 11.0 Å².